The molecule has 2 aromatic carbocycles. The number of anilines is 2. The lowest BCUT2D eigenvalue weighted by atomic mass is 10.1. The number of amides is 1. The zero-order chi connectivity index (χ0) is 19.6. The first-order valence-corrected chi connectivity index (χ1v) is 8.17. The monoisotopic (exact) mass is 394 g/mol. The molecule has 9 heteroatoms. The normalized spacial score (nSPS) is 11.3. The van der Waals surface area contributed by atoms with Gasteiger partial charge < -0.3 is 10.3 Å². The highest BCUT2D eigenvalue weighted by Crippen LogP contribution is 2.35. The molecule has 0 aliphatic heterocycles. The molecule has 0 aliphatic rings. The number of halogens is 4. The van der Waals surface area contributed by atoms with Crippen LogP contribution in [0.3, 0.4) is 0 Å². The van der Waals surface area contributed by atoms with Crippen LogP contribution in [0, 0.1) is 0 Å². The van der Waals surface area contributed by atoms with E-state index in [9.17, 15) is 18.0 Å². The summed E-state index contributed by atoms with van der Waals surface area (Å²) in [5, 5.41) is 4.97. The van der Waals surface area contributed by atoms with Gasteiger partial charge >= 0.3 is 6.18 Å². The summed E-state index contributed by atoms with van der Waals surface area (Å²) in [4.78, 5) is 19.2. The summed E-state index contributed by atoms with van der Waals surface area (Å²) in [6, 6.07) is 10.4. The highest BCUT2D eigenvalue weighted by atomic mass is 35.5. The van der Waals surface area contributed by atoms with Gasteiger partial charge in [-0.1, -0.05) is 23.7 Å². The molecule has 5 nitrogen and oxygen atoms in total. The third-order valence-electron chi connectivity index (χ3n) is 3.83. The fraction of sp³-hybridized carbons (Fsp3) is 0.111. The van der Waals surface area contributed by atoms with E-state index < -0.39 is 22.7 Å². The number of benzene rings is 2. The maximum atomic E-state index is 12.9. The Morgan fingerprint density at radius 2 is 1.85 bits per heavy atom. The molecule has 0 radical (unpaired) electrons. The second-order valence-corrected chi connectivity index (χ2v) is 6.03. The molecule has 140 valence electrons. The Hall–Kier alpha value is -3.00. The topological polar surface area (TPSA) is 69.8 Å². The van der Waals surface area contributed by atoms with Crippen molar-refractivity contribution in [1.29, 1.82) is 0 Å². The summed E-state index contributed by atoms with van der Waals surface area (Å²) in [7, 11) is 1.81. The number of aromatic nitrogens is 2. The Bertz CT molecular complexity index is 967. The molecule has 0 fully saturated rings. The van der Waals surface area contributed by atoms with Crippen molar-refractivity contribution in [3.63, 3.8) is 0 Å². The second-order valence-electron chi connectivity index (χ2n) is 5.62. The van der Waals surface area contributed by atoms with E-state index in [1.54, 1.807) is 7.05 Å². The van der Waals surface area contributed by atoms with Crippen LogP contribution in [0.1, 0.15) is 15.9 Å². The molecule has 0 unspecified atom stereocenters. The Balaban J connectivity index is 1.78. The predicted octanol–water partition coefficient (Wildman–Crippen LogP) is 5.04. The Morgan fingerprint density at radius 3 is 2.48 bits per heavy atom. The number of nitrogens with one attached hydrogen (secondary N) is 3. The van der Waals surface area contributed by atoms with Crippen LogP contribution in [-0.2, 0) is 6.18 Å². The number of alkyl halides is 3. The number of imidazole rings is 1. The van der Waals surface area contributed by atoms with Crippen molar-refractivity contribution in [2.45, 2.75) is 6.18 Å². The number of nitrogens with zero attached hydrogens (tertiary/aromatic N) is 1. The van der Waals surface area contributed by atoms with Crippen molar-refractivity contribution in [1.82, 2.24) is 9.97 Å². The van der Waals surface area contributed by atoms with E-state index in [1.807, 2.05) is 24.3 Å². The van der Waals surface area contributed by atoms with E-state index in [4.69, 9.17) is 11.6 Å². The van der Waals surface area contributed by atoms with Gasteiger partial charge in [0.25, 0.3) is 5.91 Å². The number of aromatic amines is 1. The number of carbonyl (C=O) groups is 1. The van der Waals surface area contributed by atoms with Gasteiger partial charge in [0.2, 0.25) is 5.95 Å². The Labute approximate surface area is 157 Å². The number of carbonyl (C=O) groups excluding carboxylic acids is 1. The van der Waals surface area contributed by atoms with Crippen LogP contribution in [0.15, 0.2) is 48.7 Å². The molecule has 0 saturated carbocycles. The average molecular weight is 395 g/mol. The van der Waals surface area contributed by atoms with E-state index in [1.165, 1.54) is 12.3 Å². The van der Waals surface area contributed by atoms with Gasteiger partial charge in [-0.05, 0) is 35.9 Å². The maximum Gasteiger partial charge on any atom is 0.417 e. The molecular formula is C18H14ClF3N4O. The minimum Gasteiger partial charge on any atom is -0.388 e. The molecule has 3 rings (SSSR count). The third-order valence-corrected chi connectivity index (χ3v) is 4.16. The van der Waals surface area contributed by atoms with Gasteiger partial charge in [-0.3, -0.25) is 10.1 Å². The molecule has 1 amide bonds. The fourth-order valence-corrected chi connectivity index (χ4v) is 2.64. The van der Waals surface area contributed by atoms with Gasteiger partial charge in [-0.15, -0.1) is 0 Å². The molecule has 1 aromatic heterocycles. The van der Waals surface area contributed by atoms with Crippen LogP contribution >= 0.6 is 11.6 Å². The smallest absolute Gasteiger partial charge is 0.388 e. The first-order valence-electron chi connectivity index (χ1n) is 7.79. The van der Waals surface area contributed by atoms with Gasteiger partial charge in [0, 0.05) is 18.3 Å². The molecular weight excluding hydrogens is 381 g/mol. The molecule has 3 N–H and O–H groups in total. The van der Waals surface area contributed by atoms with E-state index in [2.05, 4.69) is 20.6 Å². The van der Waals surface area contributed by atoms with Gasteiger partial charge in [-0.25, -0.2) is 4.98 Å². The van der Waals surface area contributed by atoms with Gasteiger partial charge in [0.1, 0.15) is 0 Å². The molecule has 0 bridgehead atoms. The minimum absolute atomic E-state index is 0.121. The highest BCUT2D eigenvalue weighted by Gasteiger charge is 2.33. The van der Waals surface area contributed by atoms with Gasteiger partial charge in [-0.2, -0.15) is 13.2 Å². The van der Waals surface area contributed by atoms with Crippen molar-refractivity contribution >= 4 is 29.1 Å². The standard InChI is InChI=1S/C18H14ClF3N4O/c1-23-12-5-2-10(3-6-12)15-9-24-17(25-15)26-16(27)11-4-7-14(19)13(8-11)18(20,21)22/h2-9,23H,1H3,(H2,24,25,26,27). The average Bonchev–Trinajstić information content (AvgIpc) is 3.09. The van der Waals surface area contributed by atoms with Crippen LogP contribution < -0.4 is 10.6 Å². The Kier molecular flexibility index (Phi) is 5.09. The minimum atomic E-state index is -4.65. The lowest BCUT2D eigenvalue weighted by Crippen LogP contribution is -2.15. The lowest BCUT2D eigenvalue weighted by molar-refractivity contribution is -0.137. The molecule has 3 aromatic rings. The highest BCUT2D eigenvalue weighted by molar-refractivity contribution is 6.31. The molecule has 0 atom stereocenters. The van der Waals surface area contributed by atoms with E-state index >= 15 is 0 Å². The first kappa shape index (κ1) is 18.8. The fourth-order valence-electron chi connectivity index (χ4n) is 2.41. The van der Waals surface area contributed by atoms with E-state index in [-0.39, 0.29) is 11.5 Å². The zero-order valence-corrected chi connectivity index (χ0v) is 14.7. The van der Waals surface area contributed by atoms with E-state index in [0.29, 0.717) is 11.8 Å². The van der Waals surface area contributed by atoms with Crippen LogP contribution in [0.25, 0.3) is 11.3 Å². The van der Waals surface area contributed by atoms with Crippen molar-refractivity contribution in [2.75, 3.05) is 17.7 Å². The number of hydrogen-bond acceptors (Lipinski definition) is 3. The summed E-state index contributed by atoms with van der Waals surface area (Å²) < 4.78 is 38.8. The summed E-state index contributed by atoms with van der Waals surface area (Å²) in [6.45, 7) is 0. The van der Waals surface area contributed by atoms with E-state index in [0.717, 1.165) is 17.3 Å². The zero-order valence-electron chi connectivity index (χ0n) is 14.0. The van der Waals surface area contributed by atoms with Crippen molar-refractivity contribution in [3.8, 4) is 11.3 Å². The van der Waals surface area contributed by atoms with Crippen molar-refractivity contribution in [3.05, 3.63) is 64.8 Å². The van der Waals surface area contributed by atoms with Gasteiger partial charge in [0.15, 0.2) is 0 Å². The van der Waals surface area contributed by atoms with Crippen molar-refractivity contribution in [2.24, 2.45) is 0 Å². The van der Waals surface area contributed by atoms with Crippen molar-refractivity contribution < 1.29 is 18.0 Å². The first-order chi connectivity index (χ1) is 12.8. The SMILES string of the molecule is CNc1ccc(-c2cnc(NC(=O)c3ccc(Cl)c(C(F)(F)F)c3)[nH]2)cc1. The van der Waals surface area contributed by atoms with Gasteiger partial charge in [0.05, 0.1) is 22.5 Å². The quantitative estimate of drug-likeness (QED) is 0.580. The number of H-pyrrole nitrogens is 1. The predicted molar refractivity (Wildman–Crippen MR) is 98.0 cm³/mol. The van der Waals surface area contributed by atoms with Crippen LogP contribution in [0.4, 0.5) is 24.8 Å². The number of hydrogen-bond donors (Lipinski definition) is 3. The molecule has 0 aliphatic carbocycles. The summed E-state index contributed by atoms with van der Waals surface area (Å²) >= 11 is 5.56. The van der Waals surface area contributed by atoms with Crippen LogP contribution in [0.5, 0.6) is 0 Å². The third kappa shape index (κ3) is 4.22. The lowest BCUT2D eigenvalue weighted by Gasteiger charge is -2.10. The molecule has 27 heavy (non-hydrogen) atoms. The Morgan fingerprint density at radius 1 is 1.15 bits per heavy atom. The largest absolute Gasteiger partial charge is 0.417 e. The number of rotatable bonds is 4. The molecule has 0 saturated heterocycles. The van der Waals surface area contributed by atoms with Crippen LogP contribution in [0.2, 0.25) is 5.02 Å². The summed E-state index contributed by atoms with van der Waals surface area (Å²) in [6.07, 6.45) is -3.13. The maximum absolute atomic E-state index is 12.9. The second kappa shape index (κ2) is 7.32. The summed E-state index contributed by atoms with van der Waals surface area (Å²) in [5.74, 6) is -0.611. The van der Waals surface area contributed by atoms with Crippen LogP contribution in [-0.4, -0.2) is 22.9 Å². The molecule has 1 heterocycles. The summed E-state index contributed by atoms with van der Waals surface area (Å²) in [5.41, 5.74) is 1.19. The molecule has 0 spiro atoms.